The molecule has 1 aromatic carbocycles. The monoisotopic (exact) mass is 358 g/mol. The molecule has 0 aliphatic carbocycles. The molecular formula is C17H26O6S. The highest BCUT2D eigenvalue weighted by Crippen LogP contribution is 2.27. The molecule has 1 heterocycles. The molecule has 6 nitrogen and oxygen atoms in total. The molecule has 0 amide bonds. The van der Waals surface area contributed by atoms with Gasteiger partial charge in [0.25, 0.3) is 0 Å². The average molecular weight is 358 g/mol. The number of hydrogen-bond donors (Lipinski definition) is 3. The summed E-state index contributed by atoms with van der Waals surface area (Å²) < 4.78 is 30.9. The minimum Gasteiger partial charge on any atom is -0.388 e. The molecule has 0 aromatic heterocycles. The van der Waals surface area contributed by atoms with Gasteiger partial charge in [-0.15, -0.1) is 0 Å². The van der Waals surface area contributed by atoms with E-state index in [4.69, 9.17) is 4.74 Å². The van der Waals surface area contributed by atoms with Crippen LogP contribution in [0.3, 0.4) is 0 Å². The van der Waals surface area contributed by atoms with Crippen molar-refractivity contribution < 1.29 is 28.5 Å². The molecule has 5 atom stereocenters. The molecule has 3 N–H and O–H groups in total. The zero-order valence-electron chi connectivity index (χ0n) is 14.4. The SMILES string of the molecule is Cc1cc(C)c(S(=O)(=O)CC[C@H]2OC(C)[C@@H](O)[C@H](O)C2O)c(C)c1. The van der Waals surface area contributed by atoms with E-state index in [0.717, 1.165) is 5.56 Å². The fraction of sp³-hybridized carbons (Fsp3) is 0.647. The number of ether oxygens (including phenoxy) is 1. The standard InChI is InChI=1S/C17H26O6S/c1-9-7-10(2)17(11(3)8-9)24(21,22)6-5-13-15(19)16(20)14(18)12(4)23-13/h7-8,12-16,18-20H,5-6H2,1-4H3/t12?,13-,14-,15?,16+/m1/s1. The van der Waals surface area contributed by atoms with Crippen molar-refractivity contribution in [2.45, 2.75) is 69.5 Å². The molecule has 2 rings (SSSR count). The molecule has 1 aromatic rings. The lowest BCUT2D eigenvalue weighted by atomic mass is 9.94. The Morgan fingerprint density at radius 2 is 1.54 bits per heavy atom. The lowest BCUT2D eigenvalue weighted by Gasteiger charge is -2.39. The van der Waals surface area contributed by atoms with Gasteiger partial charge in [0, 0.05) is 0 Å². The number of rotatable bonds is 4. The maximum absolute atomic E-state index is 12.7. The number of aryl methyl sites for hydroxylation is 3. The van der Waals surface area contributed by atoms with Crippen LogP contribution in [0.4, 0.5) is 0 Å². The molecule has 24 heavy (non-hydrogen) atoms. The van der Waals surface area contributed by atoms with E-state index >= 15 is 0 Å². The molecule has 0 bridgehead atoms. The number of aliphatic hydroxyl groups excluding tert-OH is 3. The van der Waals surface area contributed by atoms with E-state index < -0.39 is 40.4 Å². The largest absolute Gasteiger partial charge is 0.388 e. The molecule has 1 aliphatic rings. The van der Waals surface area contributed by atoms with Gasteiger partial charge in [0.15, 0.2) is 9.84 Å². The summed E-state index contributed by atoms with van der Waals surface area (Å²) in [5.41, 5.74) is 2.39. The molecule has 2 unspecified atom stereocenters. The van der Waals surface area contributed by atoms with Crippen molar-refractivity contribution in [3.63, 3.8) is 0 Å². The quantitative estimate of drug-likeness (QED) is 0.730. The molecule has 1 saturated heterocycles. The van der Waals surface area contributed by atoms with Gasteiger partial charge in [-0.25, -0.2) is 8.42 Å². The van der Waals surface area contributed by atoms with Crippen LogP contribution in [0, 0.1) is 20.8 Å². The van der Waals surface area contributed by atoms with Crippen molar-refractivity contribution in [3.05, 3.63) is 28.8 Å². The second-order valence-electron chi connectivity index (χ2n) is 6.69. The zero-order chi connectivity index (χ0) is 18.2. The van der Waals surface area contributed by atoms with E-state index in [9.17, 15) is 23.7 Å². The second-order valence-corrected chi connectivity index (χ2v) is 8.73. The Bertz CT molecular complexity index is 676. The maximum atomic E-state index is 12.7. The molecule has 0 radical (unpaired) electrons. The highest BCUT2D eigenvalue weighted by molar-refractivity contribution is 7.91. The van der Waals surface area contributed by atoms with Crippen LogP contribution < -0.4 is 0 Å². The summed E-state index contributed by atoms with van der Waals surface area (Å²) in [5, 5.41) is 29.5. The summed E-state index contributed by atoms with van der Waals surface area (Å²) in [6, 6.07) is 3.65. The number of aliphatic hydroxyl groups is 3. The number of hydrogen-bond acceptors (Lipinski definition) is 6. The van der Waals surface area contributed by atoms with Gasteiger partial charge in [0.1, 0.15) is 18.3 Å². The first-order valence-corrected chi connectivity index (χ1v) is 9.70. The van der Waals surface area contributed by atoms with Crippen molar-refractivity contribution in [2.75, 3.05) is 5.75 Å². The van der Waals surface area contributed by atoms with Crippen LogP contribution in [0.1, 0.15) is 30.0 Å². The van der Waals surface area contributed by atoms with Crippen LogP contribution >= 0.6 is 0 Å². The summed E-state index contributed by atoms with van der Waals surface area (Å²) in [6.45, 7) is 7.02. The van der Waals surface area contributed by atoms with Crippen LogP contribution in [0.5, 0.6) is 0 Å². The van der Waals surface area contributed by atoms with Gasteiger partial charge in [-0.1, -0.05) is 17.7 Å². The van der Waals surface area contributed by atoms with Crippen LogP contribution in [0.2, 0.25) is 0 Å². The third kappa shape index (κ3) is 3.81. The predicted molar refractivity (Wildman–Crippen MR) is 89.7 cm³/mol. The Labute approximate surface area is 143 Å². The van der Waals surface area contributed by atoms with E-state index in [1.807, 2.05) is 19.1 Å². The second kappa shape index (κ2) is 7.09. The van der Waals surface area contributed by atoms with E-state index in [-0.39, 0.29) is 12.2 Å². The van der Waals surface area contributed by atoms with Gasteiger partial charge in [0.2, 0.25) is 0 Å². The van der Waals surface area contributed by atoms with Crippen LogP contribution in [0.25, 0.3) is 0 Å². The Morgan fingerprint density at radius 3 is 2.08 bits per heavy atom. The summed E-state index contributed by atoms with van der Waals surface area (Å²) in [4.78, 5) is 0.312. The maximum Gasteiger partial charge on any atom is 0.179 e. The smallest absolute Gasteiger partial charge is 0.179 e. The van der Waals surface area contributed by atoms with Crippen molar-refractivity contribution in [1.82, 2.24) is 0 Å². The van der Waals surface area contributed by atoms with Gasteiger partial charge in [-0.3, -0.25) is 0 Å². The molecule has 136 valence electrons. The van der Waals surface area contributed by atoms with Crippen molar-refractivity contribution in [2.24, 2.45) is 0 Å². The lowest BCUT2D eigenvalue weighted by molar-refractivity contribution is -0.217. The average Bonchev–Trinajstić information content (AvgIpc) is 2.46. The third-order valence-electron chi connectivity index (χ3n) is 4.54. The minimum atomic E-state index is -3.54. The van der Waals surface area contributed by atoms with Gasteiger partial charge in [0.05, 0.1) is 22.9 Å². The molecular weight excluding hydrogens is 332 g/mol. The molecule has 7 heteroatoms. The Balaban J connectivity index is 2.17. The summed E-state index contributed by atoms with van der Waals surface area (Å²) in [5.74, 6) is -0.199. The Morgan fingerprint density at radius 1 is 1.00 bits per heavy atom. The molecule has 1 fully saturated rings. The van der Waals surface area contributed by atoms with Crippen LogP contribution in [-0.4, -0.2) is 60.0 Å². The zero-order valence-corrected chi connectivity index (χ0v) is 15.2. The van der Waals surface area contributed by atoms with Crippen molar-refractivity contribution >= 4 is 9.84 Å². The van der Waals surface area contributed by atoms with Gasteiger partial charge >= 0.3 is 0 Å². The van der Waals surface area contributed by atoms with E-state index in [0.29, 0.717) is 16.0 Å². The minimum absolute atomic E-state index is 0.0460. The van der Waals surface area contributed by atoms with Crippen LogP contribution in [0.15, 0.2) is 17.0 Å². The molecule has 0 saturated carbocycles. The lowest BCUT2D eigenvalue weighted by Crippen LogP contribution is -2.56. The normalized spacial score (nSPS) is 31.2. The van der Waals surface area contributed by atoms with Crippen molar-refractivity contribution in [1.29, 1.82) is 0 Å². The summed E-state index contributed by atoms with van der Waals surface area (Å²) in [7, 11) is -3.54. The molecule has 1 aliphatic heterocycles. The predicted octanol–water partition coefficient (Wildman–Crippen LogP) is 0.646. The highest BCUT2D eigenvalue weighted by atomic mass is 32.2. The van der Waals surface area contributed by atoms with Crippen molar-refractivity contribution in [3.8, 4) is 0 Å². The highest BCUT2D eigenvalue weighted by Gasteiger charge is 2.42. The fourth-order valence-electron chi connectivity index (χ4n) is 3.41. The fourth-order valence-corrected chi connectivity index (χ4v) is 5.25. The summed E-state index contributed by atoms with van der Waals surface area (Å²) >= 11 is 0. The first-order valence-electron chi connectivity index (χ1n) is 8.05. The van der Waals surface area contributed by atoms with Gasteiger partial charge in [-0.2, -0.15) is 0 Å². The Kier molecular flexibility index (Phi) is 5.71. The van der Waals surface area contributed by atoms with E-state index in [2.05, 4.69) is 0 Å². The Hall–Kier alpha value is -0.990. The topological polar surface area (TPSA) is 104 Å². The van der Waals surface area contributed by atoms with E-state index in [1.165, 1.54) is 0 Å². The summed E-state index contributed by atoms with van der Waals surface area (Å²) in [6.07, 6.45) is -5.30. The first-order chi connectivity index (χ1) is 11.0. The van der Waals surface area contributed by atoms with E-state index in [1.54, 1.807) is 20.8 Å². The number of benzene rings is 1. The third-order valence-corrected chi connectivity index (χ3v) is 6.58. The van der Waals surface area contributed by atoms with Gasteiger partial charge < -0.3 is 20.1 Å². The number of sulfone groups is 1. The van der Waals surface area contributed by atoms with Gasteiger partial charge in [-0.05, 0) is 45.2 Å². The first kappa shape index (κ1) is 19.3. The molecule has 0 spiro atoms. The van der Waals surface area contributed by atoms with Crippen LogP contribution in [-0.2, 0) is 14.6 Å².